The summed E-state index contributed by atoms with van der Waals surface area (Å²) in [5, 5.41) is 8.27. The molecular formula is C25H38ClN6O4PS2. The minimum Gasteiger partial charge on any atom is -0.494 e. The van der Waals surface area contributed by atoms with E-state index in [0.717, 1.165) is 12.3 Å². The second-order valence-corrected chi connectivity index (χ2v) is 15.7. The number of benzene rings is 1. The van der Waals surface area contributed by atoms with Gasteiger partial charge >= 0.3 is 0 Å². The quantitative estimate of drug-likeness (QED) is 0.160. The third-order valence-corrected chi connectivity index (χ3v) is 12.1. The first-order valence-electron chi connectivity index (χ1n) is 12.5. The summed E-state index contributed by atoms with van der Waals surface area (Å²) in [4.78, 5) is 9.57. The maximum absolute atomic E-state index is 12.9. The molecule has 0 fully saturated rings. The fourth-order valence-electron chi connectivity index (χ4n) is 3.25. The Labute approximate surface area is 240 Å². The maximum Gasteiger partial charge on any atom is 0.244 e. The zero-order valence-corrected chi connectivity index (χ0v) is 26.5. The number of ether oxygens (including phenoxy) is 1. The number of anilines is 4. The molecule has 2 aromatic heterocycles. The van der Waals surface area contributed by atoms with Gasteiger partial charge in [0.2, 0.25) is 16.0 Å². The minimum absolute atomic E-state index is 0.250. The number of thiophene rings is 1. The van der Waals surface area contributed by atoms with Crippen molar-refractivity contribution in [2.75, 3.05) is 55.6 Å². The highest BCUT2D eigenvalue weighted by Crippen LogP contribution is 2.39. The molecule has 0 spiro atoms. The Kier molecular flexibility index (Phi) is 12.5. The van der Waals surface area contributed by atoms with Crippen LogP contribution in [0.25, 0.3) is 0 Å². The van der Waals surface area contributed by atoms with Crippen LogP contribution in [0.3, 0.4) is 0 Å². The maximum atomic E-state index is 12.9. The summed E-state index contributed by atoms with van der Waals surface area (Å²) in [6, 6.07) is 6.80. The van der Waals surface area contributed by atoms with Gasteiger partial charge < -0.3 is 25.7 Å². The molecule has 0 amide bonds. The van der Waals surface area contributed by atoms with Gasteiger partial charge in [0.1, 0.15) is 10.8 Å². The summed E-state index contributed by atoms with van der Waals surface area (Å²) < 4.78 is 43.5. The van der Waals surface area contributed by atoms with Crippen molar-refractivity contribution in [3.8, 4) is 5.75 Å². The SMILES string of the molecule is CCN(CC)S(=O)(=O)c1ccsc1CNc1ncc(Cl)c(Nc2ccc(N)cc2OC)n1.CCP(C)(=O)CC. The second-order valence-electron chi connectivity index (χ2n) is 8.56. The lowest BCUT2D eigenvalue weighted by atomic mass is 10.2. The first-order valence-corrected chi connectivity index (χ1v) is 17.7. The van der Waals surface area contributed by atoms with E-state index >= 15 is 0 Å². The summed E-state index contributed by atoms with van der Waals surface area (Å²) in [5.74, 6) is 1.21. The highest BCUT2D eigenvalue weighted by Gasteiger charge is 2.25. The average Bonchev–Trinajstić information content (AvgIpc) is 3.40. The number of halogens is 1. The van der Waals surface area contributed by atoms with E-state index in [1.807, 2.05) is 34.4 Å². The summed E-state index contributed by atoms with van der Waals surface area (Å²) in [7, 11) is -3.67. The third-order valence-electron chi connectivity index (χ3n) is 6.00. The summed E-state index contributed by atoms with van der Waals surface area (Å²) >= 11 is 7.62. The topological polar surface area (TPSA) is 140 Å². The van der Waals surface area contributed by atoms with Gasteiger partial charge in [-0.3, -0.25) is 0 Å². The summed E-state index contributed by atoms with van der Waals surface area (Å²) in [6.07, 6.45) is 3.16. The zero-order chi connectivity index (χ0) is 29.2. The molecule has 0 aliphatic carbocycles. The van der Waals surface area contributed by atoms with E-state index in [4.69, 9.17) is 22.1 Å². The number of aromatic nitrogens is 2. The number of nitrogens with one attached hydrogen (secondary N) is 2. The number of hydrogen-bond donors (Lipinski definition) is 3. The van der Waals surface area contributed by atoms with E-state index in [2.05, 4.69) is 20.6 Å². The van der Waals surface area contributed by atoms with E-state index in [9.17, 15) is 13.0 Å². The van der Waals surface area contributed by atoms with E-state index in [-0.39, 0.29) is 11.4 Å². The number of nitrogen functional groups attached to an aromatic ring is 1. The van der Waals surface area contributed by atoms with Crippen LogP contribution in [0.1, 0.15) is 32.6 Å². The Balaban J connectivity index is 0.000000673. The number of nitrogens with zero attached hydrogens (tertiary/aromatic N) is 3. The normalized spacial score (nSPS) is 11.6. The molecule has 14 heteroatoms. The summed E-state index contributed by atoms with van der Waals surface area (Å²) in [5.41, 5.74) is 7.00. The molecule has 0 atom stereocenters. The van der Waals surface area contributed by atoms with Crippen LogP contribution in [0.15, 0.2) is 40.7 Å². The Morgan fingerprint density at radius 3 is 2.38 bits per heavy atom. The molecule has 3 rings (SSSR count). The van der Waals surface area contributed by atoms with Crippen LogP contribution in [-0.4, -0.2) is 61.9 Å². The molecule has 0 bridgehead atoms. The van der Waals surface area contributed by atoms with Gasteiger partial charge in [0, 0.05) is 29.7 Å². The first-order chi connectivity index (χ1) is 18.4. The summed E-state index contributed by atoms with van der Waals surface area (Å²) in [6.45, 7) is 10.5. The van der Waals surface area contributed by atoms with Gasteiger partial charge in [0.25, 0.3) is 0 Å². The van der Waals surface area contributed by atoms with Crippen molar-refractivity contribution in [2.45, 2.75) is 39.1 Å². The molecule has 0 aliphatic rings. The highest BCUT2D eigenvalue weighted by molar-refractivity contribution is 7.89. The van der Waals surface area contributed by atoms with Crippen molar-refractivity contribution in [3.05, 3.63) is 45.7 Å². The Hall–Kier alpha value is -2.37. The van der Waals surface area contributed by atoms with Crippen molar-refractivity contribution in [2.24, 2.45) is 0 Å². The monoisotopic (exact) mass is 616 g/mol. The van der Waals surface area contributed by atoms with Gasteiger partial charge in [0.15, 0.2) is 5.82 Å². The minimum atomic E-state index is -3.55. The average molecular weight is 617 g/mol. The standard InChI is InChI=1S/C20H25ClN6O3S2.C5H13OP/c1-4-27(5-2)32(28,29)18-8-9-31-17(18)12-24-20-23-11-14(21)19(26-20)25-15-7-6-13(22)10-16(15)30-3;1-4-7(3,6)5-2/h6-11H,4-5,12,22H2,1-3H3,(H2,23,24,25,26);4-5H2,1-3H3. The van der Waals surface area contributed by atoms with Crippen LogP contribution >= 0.6 is 30.1 Å². The third kappa shape index (κ3) is 9.08. The lowest BCUT2D eigenvalue weighted by molar-refractivity contribution is 0.417. The lowest BCUT2D eigenvalue weighted by Gasteiger charge is -2.18. The first kappa shape index (κ1) is 32.8. The van der Waals surface area contributed by atoms with Crippen molar-refractivity contribution in [1.29, 1.82) is 0 Å². The Morgan fingerprint density at radius 2 is 1.82 bits per heavy atom. The van der Waals surface area contributed by atoms with E-state index in [1.165, 1.54) is 21.8 Å². The Bertz CT molecular complexity index is 1370. The molecule has 0 saturated heterocycles. The molecule has 3 aromatic rings. The molecule has 0 aliphatic heterocycles. The van der Waals surface area contributed by atoms with Crippen LogP contribution in [0.5, 0.6) is 5.75 Å². The van der Waals surface area contributed by atoms with Crippen LogP contribution < -0.4 is 21.1 Å². The fourth-order valence-corrected chi connectivity index (χ4v) is 6.65. The molecule has 0 saturated carbocycles. The van der Waals surface area contributed by atoms with Gasteiger partial charge in [0.05, 0.1) is 37.6 Å². The van der Waals surface area contributed by atoms with Crippen molar-refractivity contribution >= 4 is 63.2 Å². The number of methoxy groups -OCH3 is 1. The highest BCUT2D eigenvalue weighted by atomic mass is 35.5. The van der Waals surface area contributed by atoms with Crippen molar-refractivity contribution in [1.82, 2.24) is 14.3 Å². The molecule has 216 valence electrons. The molecule has 0 radical (unpaired) electrons. The molecule has 10 nitrogen and oxygen atoms in total. The van der Waals surface area contributed by atoms with E-state index < -0.39 is 17.2 Å². The molecule has 2 heterocycles. The molecule has 4 N–H and O–H groups in total. The second kappa shape index (κ2) is 14.9. The number of rotatable bonds is 12. The number of nitrogens with two attached hydrogens (primary N) is 1. The van der Waals surface area contributed by atoms with Crippen molar-refractivity contribution in [3.63, 3.8) is 0 Å². The molecule has 0 unspecified atom stereocenters. The molecule has 1 aromatic carbocycles. The van der Waals surface area contributed by atoms with Crippen LogP contribution in [-0.2, 0) is 21.1 Å². The van der Waals surface area contributed by atoms with Crippen molar-refractivity contribution < 1.29 is 17.7 Å². The van der Waals surface area contributed by atoms with Gasteiger partial charge in [-0.05, 0) is 42.6 Å². The lowest BCUT2D eigenvalue weighted by Crippen LogP contribution is -2.31. The largest absolute Gasteiger partial charge is 0.494 e. The van der Waals surface area contributed by atoms with E-state index in [0.29, 0.717) is 51.9 Å². The predicted octanol–water partition coefficient (Wildman–Crippen LogP) is 6.19. The van der Waals surface area contributed by atoms with Gasteiger partial charge in [-0.15, -0.1) is 11.3 Å². The number of sulfonamides is 1. The molecule has 39 heavy (non-hydrogen) atoms. The number of hydrogen-bond acceptors (Lipinski definition) is 10. The van der Waals surface area contributed by atoms with Gasteiger partial charge in [-0.1, -0.05) is 39.3 Å². The molecular weight excluding hydrogens is 579 g/mol. The smallest absolute Gasteiger partial charge is 0.244 e. The predicted molar refractivity (Wildman–Crippen MR) is 164 cm³/mol. The van der Waals surface area contributed by atoms with E-state index in [1.54, 1.807) is 36.8 Å². The fraction of sp³-hybridized carbons (Fsp3) is 0.440. The zero-order valence-electron chi connectivity index (χ0n) is 23.2. The Morgan fingerprint density at radius 1 is 1.15 bits per heavy atom. The van der Waals surface area contributed by atoms with Crippen LogP contribution in [0.4, 0.5) is 23.1 Å². The van der Waals surface area contributed by atoms with Crippen LogP contribution in [0.2, 0.25) is 5.02 Å². The van der Waals surface area contributed by atoms with Crippen LogP contribution in [0, 0.1) is 0 Å². The van der Waals surface area contributed by atoms with Gasteiger partial charge in [-0.25, -0.2) is 13.4 Å². The van der Waals surface area contributed by atoms with Gasteiger partial charge in [-0.2, -0.15) is 9.29 Å².